The average Bonchev–Trinajstić information content (AvgIpc) is 3.52. The zero-order valence-electron chi connectivity index (χ0n) is 20.9. The van der Waals surface area contributed by atoms with Crippen molar-refractivity contribution >= 4 is 34.1 Å². The van der Waals surface area contributed by atoms with E-state index in [0.29, 0.717) is 28.1 Å². The van der Waals surface area contributed by atoms with Crippen molar-refractivity contribution in [3.8, 4) is 5.75 Å². The van der Waals surface area contributed by atoms with Crippen molar-refractivity contribution in [1.29, 1.82) is 0 Å². The van der Waals surface area contributed by atoms with Crippen molar-refractivity contribution < 1.29 is 23.3 Å². The van der Waals surface area contributed by atoms with Gasteiger partial charge in [-0.2, -0.15) is 0 Å². The Balaban J connectivity index is 1.26. The van der Waals surface area contributed by atoms with E-state index >= 15 is 0 Å². The number of benzene rings is 1. The number of aromatic nitrogens is 4. The minimum atomic E-state index is -0.772. The number of fused-ring (bicyclic) bond motifs is 3. The molecule has 192 valence electrons. The van der Waals surface area contributed by atoms with Gasteiger partial charge in [-0.1, -0.05) is 0 Å². The summed E-state index contributed by atoms with van der Waals surface area (Å²) in [6.07, 6.45) is 4.67. The minimum absolute atomic E-state index is 0.233. The second kappa shape index (κ2) is 9.02. The molecule has 0 bridgehead atoms. The van der Waals surface area contributed by atoms with Crippen molar-refractivity contribution in [2.24, 2.45) is 4.99 Å². The summed E-state index contributed by atoms with van der Waals surface area (Å²) in [6.45, 7) is 4.01. The highest BCUT2D eigenvalue weighted by atomic mass is 19.1. The standard InChI is InChI=1S/C26H27FN6O4/c1-26(2)36-21-20(12-34-17-6-5-15-9-16(27)11-28-19(15)10-17)35-25(22(21)37-26)33-8-7-18-23(31-14-32(3)4)29-13-30-24(18)33/h5-11,13-14,20-22,25H,12H2,1-4H3/b31-14+/t20-,21-,22-,25-/m1/s1. The van der Waals surface area contributed by atoms with Crippen molar-refractivity contribution in [2.45, 2.75) is 44.2 Å². The largest absolute Gasteiger partial charge is 0.491 e. The Hall–Kier alpha value is -3.67. The average molecular weight is 507 g/mol. The summed E-state index contributed by atoms with van der Waals surface area (Å²) in [4.78, 5) is 19.3. The highest BCUT2D eigenvalue weighted by Gasteiger charge is 2.56. The molecule has 2 aliphatic heterocycles. The molecule has 0 amide bonds. The van der Waals surface area contributed by atoms with Crippen molar-refractivity contribution in [1.82, 2.24) is 24.4 Å². The molecule has 0 spiro atoms. The molecule has 37 heavy (non-hydrogen) atoms. The van der Waals surface area contributed by atoms with Crippen LogP contribution in [0.4, 0.5) is 10.2 Å². The fraction of sp³-hybridized carbons (Fsp3) is 0.385. The van der Waals surface area contributed by atoms with Gasteiger partial charge in [0.15, 0.2) is 17.8 Å². The summed E-state index contributed by atoms with van der Waals surface area (Å²) in [7, 11) is 3.80. The SMILES string of the molecule is CN(C)/C=N/c1ncnc2c1ccn2[C@@H]1O[C@H](COc2ccc3cc(F)cnc3c2)[C@H]2OC(C)(C)O[C@H]21. The lowest BCUT2D eigenvalue weighted by atomic mass is 10.1. The van der Waals surface area contributed by atoms with Crippen LogP contribution < -0.4 is 4.74 Å². The zero-order valence-corrected chi connectivity index (χ0v) is 20.9. The van der Waals surface area contributed by atoms with Gasteiger partial charge in [-0.25, -0.2) is 19.4 Å². The molecule has 1 aromatic carbocycles. The zero-order chi connectivity index (χ0) is 25.7. The number of hydrogen-bond acceptors (Lipinski definition) is 8. The number of rotatable bonds is 6. The first-order chi connectivity index (χ1) is 17.8. The first-order valence-corrected chi connectivity index (χ1v) is 12.0. The lowest BCUT2D eigenvalue weighted by molar-refractivity contribution is -0.198. The van der Waals surface area contributed by atoms with Gasteiger partial charge in [0.05, 0.1) is 23.4 Å². The second-order valence-corrected chi connectivity index (χ2v) is 9.81. The monoisotopic (exact) mass is 506 g/mol. The van der Waals surface area contributed by atoms with Crippen LogP contribution in [0.15, 0.2) is 54.0 Å². The van der Waals surface area contributed by atoms with Gasteiger partial charge in [0.2, 0.25) is 0 Å². The highest BCUT2D eigenvalue weighted by molar-refractivity contribution is 5.87. The maximum Gasteiger partial charge on any atom is 0.166 e. The van der Waals surface area contributed by atoms with Gasteiger partial charge >= 0.3 is 0 Å². The first kappa shape index (κ1) is 23.7. The Morgan fingerprint density at radius 1 is 1.14 bits per heavy atom. The predicted molar refractivity (Wildman–Crippen MR) is 134 cm³/mol. The lowest BCUT2D eigenvalue weighted by Crippen LogP contribution is -2.33. The number of aliphatic imine (C=N–C) groups is 1. The molecule has 4 atom stereocenters. The van der Waals surface area contributed by atoms with E-state index < -0.39 is 18.1 Å². The number of hydrogen-bond donors (Lipinski definition) is 0. The molecule has 0 unspecified atom stereocenters. The number of halogens is 1. The molecular formula is C26H27FN6O4. The Labute approximate surface area is 212 Å². The Morgan fingerprint density at radius 2 is 1.97 bits per heavy atom. The van der Waals surface area contributed by atoms with E-state index in [-0.39, 0.29) is 24.6 Å². The van der Waals surface area contributed by atoms with E-state index in [4.69, 9.17) is 18.9 Å². The first-order valence-electron chi connectivity index (χ1n) is 12.0. The van der Waals surface area contributed by atoms with Gasteiger partial charge in [0.25, 0.3) is 0 Å². The predicted octanol–water partition coefficient (Wildman–Crippen LogP) is 3.84. The van der Waals surface area contributed by atoms with Crippen LogP contribution in [0.1, 0.15) is 20.1 Å². The Morgan fingerprint density at radius 3 is 2.81 bits per heavy atom. The molecule has 5 heterocycles. The topological polar surface area (TPSA) is 96.1 Å². The molecule has 2 saturated heterocycles. The van der Waals surface area contributed by atoms with Crippen LogP contribution in [0.2, 0.25) is 0 Å². The van der Waals surface area contributed by atoms with Gasteiger partial charge in [-0.3, -0.25) is 4.98 Å². The van der Waals surface area contributed by atoms with Crippen LogP contribution in [0.5, 0.6) is 5.75 Å². The quantitative estimate of drug-likeness (QED) is 0.288. The molecule has 11 heteroatoms. The number of ether oxygens (including phenoxy) is 4. The van der Waals surface area contributed by atoms with E-state index in [1.807, 2.05) is 49.7 Å². The van der Waals surface area contributed by atoms with Crippen LogP contribution in [0.25, 0.3) is 21.9 Å². The van der Waals surface area contributed by atoms with Crippen molar-refractivity contribution in [3.05, 3.63) is 54.9 Å². The summed E-state index contributed by atoms with van der Waals surface area (Å²) >= 11 is 0. The van der Waals surface area contributed by atoms with Crippen molar-refractivity contribution in [3.63, 3.8) is 0 Å². The molecule has 10 nitrogen and oxygen atoms in total. The fourth-order valence-electron chi connectivity index (χ4n) is 4.80. The van der Waals surface area contributed by atoms with Crippen LogP contribution in [0.3, 0.4) is 0 Å². The maximum absolute atomic E-state index is 13.5. The summed E-state index contributed by atoms with van der Waals surface area (Å²) in [5, 5.41) is 1.51. The number of nitrogens with zero attached hydrogens (tertiary/aromatic N) is 6. The molecular weight excluding hydrogens is 479 g/mol. The third-order valence-electron chi connectivity index (χ3n) is 6.34. The van der Waals surface area contributed by atoms with Crippen LogP contribution in [-0.4, -0.2) is 75.6 Å². The Bertz CT molecular complexity index is 1490. The van der Waals surface area contributed by atoms with E-state index in [2.05, 4.69) is 19.9 Å². The van der Waals surface area contributed by atoms with Gasteiger partial charge in [-0.15, -0.1) is 0 Å². The van der Waals surface area contributed by atoms with Gasteiger partial charge in [-0.05, 0) is 38.1 Å². The van der Waals surface area contributed by atoms with Crippen LogP contribution >= 0.6 is 0 Å². The molecule has 0 N–H and O–H groups in total. The molecule has 0 saturated carbocycles. The summed E-state index contributed by atoms with van der Waals surface area (Å²) < 4.78 is 40.4. The summed E-state index contributed by atoms with van der Waals surface area (Å²) in [5.41, 5.74) is 1.34. The highest BCUT2D eigenvalue weighted by Crippen LogP contribution is 2.44. The molecule has 3 aromatic heterocycles. The molecule has 2 aliphatic rings. The van der Waals surface area contributed by atoms with E-state index in [1.54, 1.807) is 24.5 Å². The Kier molecular flexibility index (Phi) is 5.78. The third-order valence-corrected chi connectivity index (χ3v) is 6.34. The fourth-order valence-corrected chi connectivity index (χ4v) is 4.80. The van der Waals surface area contributed by atoms with Crippen LogP contribution in [0, 0.1) is 5.82 Å². The van der Waals surface area contributed by atoms with Crippen molar-refractivity contribution in [2.75, 3.05) is 20.7 Å². The van der Waals surface area contributed by atoms with Gasteiger partial charge < -0.3 is 28.4 Å². The van der Waals surface area contributed by atoms with E-state index in [1.165, 1.54) is 18.6 Å². The maximum atomic E-state index is 13.5. The minimum Gasteiger partial charge on any atom is -0.491 e. The summed E-state index contributed by atoms with van der Waals surface area (Å²) in [5.74, 6) is 0.0284. The molecule has 0 radical (unpaired) electrons. The second-order valence-electron chi connectivity index (χ2n) is 9.81. The molecule has 2 fully saturated rings. The normalized spacial score (nSPS) is 24.8. The number of pyridine rings is 1. The van der Waals surface area contributed by atoms with Gasteiger partial charge in [0.1, 0.15) is 48.5 Å². The molecule has 0 aliphatic carbocycles. The lowest BCUT2D eigenvalue weighted by Gasteiger charge is -2.25. The van der Waals surface area contributed by atoms with Gasteiger partial charge in [0, 0.05) is 31.7 Å². The van der Waals surface area contributed by atoms with E-state index in [0.717, 1.165) is 5.39 Å². The summed E-state index contributed by atoms with van der Waals surface area (Å²) in [6, 6.07) is 8.71. The molecule has 4 aromatic rings. The third kappa shape index (κ3) is 4.50. The smallest absolute Gasteiger partial charge is 0.166 e. The molecule has 6 rings (SSSR count). The van der Waals surface area contributed by atoms with Crippen LogP contribution in [-0.2, 0) is 14.2 Å². The van der Waals surface area contributed by atoms with E-state index in [9.17, 15) is 4.39 Å².